The van der Waals surface area contributed by atoms with Crippen LogP contribution in [0.2, 0.25) is 0 Å². The Labute approximate surface area is 115 Å². The van der Waals surface area contributed by atoms with Gasteiger partial charge in [0, 0.05) is 13.6 Å². The number of aliphatic hydroxyl groups is 1. The average Bonchev–Trinajstić information content (AvgIpc) is 2.84. The van der Waals surface area contributed by atoms with Crippen molar-refractivity contribution in [3.05, 3.63) is 11.4 Å². The van der Waals surface area contributed by atoms with Gasteiger partial charge in [0.15, 0.2) is 0 Å². The van der Waals surface area contributed by atoms with E-state index in [0.29, 0.717) is 12.5 Å². The molecule has 1 aromatic rings. The summed E-state index contributed by atoms with van der Waals surface area (Å²) in [4.78, 5) is 6.50. The van der Waals surface area contributed by atoms with E-state index in [-0.39, 0.29) is 0 Å². The summed E-state index contributed by atoms with van der Waals surface area (Å²) in [6.07, 6.45) is 5.69. The third kappa shape index (κ3) is 3.21. The van der Waals surface area contributed by atoms with E-state index < -0.39 is 5.60 Å². The molecule has 5 heteroatoms. The summed E-state index contributed by atoms with van der Waals surface area (Å²) < 4.78 is 0. The standard InChI is InChI=1S/C14H24N4O/c1-4-11-12(5-2)16-17-13(15-11)18(3)10-14(19)8-6-7-9-14/h19H,4-10H2,1-3H3. The molecule has 1 aliphatic carbocycles. The number of anilines is 1. The van der Waals surface area contributed by atoms with Crippen molar-refractivity contribution in [2.75, 3.05) is 18.5 Å². The number of hydrogen-bond donors (Lipinski definition) is 1. The third-order valence-corrected chi connectivity index (χ3v) is 3.91. The zero-order chi connectivity index (χ0) is 13.9. The molecular weight excluding hydrogens is 240 g/mol. The lowest BCUT2D eigenvalue weighted by molar-refractivity contribution is 0.0556. The molecule has 1 heterocycles. The van der Waals surface area contributed by atoms with Crippen molar-refractivity contribution in [3.8, 4) is 0 Å². The molecule has 0 amide bonds. The van der Waals surface area contributed by atoms with Crippen LogP contribution in [0, 0.1) is 0 Å². The minimum atomic E-state index is -0.575. The summed E-state index contributed by atoms with van der Waals surface area (Å²) in [6, 6.07) is 0. The minimum absolute atomic E-state index is 0.575. The molecule has 1 fully saturated rings. The van der Waals surface area contributed by atoms with Crippen LogP contribution in [0.25, 0.3) is 0 Å². The fraction of sp³-hybridized carbons (Fsp3) is 0.786. The van der Waals surface area contributed by atoms with Gasteiger partial charge in [-0.1, -0.05) is 26.7 Å². The van der Waals surface area contributed by atoms with Crippen LogP contribution in [0.5, 0.6) is 0 Å². The lowest BCUT2D eigenvalue weighted by Gasteiger charge is -2.28. The van der Waals surface area contributed by atoms with Crippen LogP contribution in [0.1, 0.15) is 50.9 Å². The maximum Gasteiger partial charge on any atom is 0.245 e. The average molecular weight is 264 g/mol. The van der Waals surface area contributed by atoms with Crippen LogP contribution in [0.15, 0.2) is 0 Å². The van der Waals surface area contributed by atoms with Gasteiger partial charge in [-0.3, -0.25) is 0 Å². The summed E-state index contributed by atoms with van der Waals surface area (Å²) in [5, 5.41) is 18.9. The van der Waals surface area contributed by atoms with Crippen LogP contribution in [-0.2, 0) is 12.8 Å². The van der Waals surface area contributed by atoms with Crippen LogP contribution < -0.4 is 4.90 Å². The molecule has 0 radical (unpaired) electrons. The first-order valence-electron chi connectivity index (χ1n) is 7.24. The van der Waals surface area contributed by atoms with Crippen molar-refractivity contribution in [2.24, 2.45) is 0 Å². The zero-order valence-electron chi connectivity index (χ0n) is 12.2. The van der Waals surface area contributed by atoms with Crippen LogP contribution >= 0.6 is 0 Å². The predicted octanol–water partition coefficient (Wildman–Crippen LogP) is 1.74. The second-order valence-corrected chi connectivity index (χ2v) is 5.50. The van der Waals surface area contributed by atoms with Crippen molar-refractivity contribution in [1.82, 2.24) is 15.2 Å². The van der Waals surface area contributed by atoms with E-state index in [1.807, 2.05) is 11.9 Å². The summed E-state index contributed by atoms with van der Waals surface area (Å²) in [7, 11) is 1.93. The second-order valence-electron chi connectivity index (χ2n) is 5.50. The van der Waals surface area contributed by atoms with Crippen LogP contribution in [0.4, 0.5) is 5.95 Å². The molecule has 19 heavy (non-hydrogen) atoms. The Morgan fingerprint density at radius 2 is 1.74 bits per heavy atom. The van der Waals surface area contributed by atoms with E-state index in [9.17, 15) is 5.11 Å². The van der Waals surface area contributed by atoms with Crippen molar-refractivity contribution < 1.29 is 5.11 Å². The monoisotopic (exact) mass is 264 g/mol. The summed E-state index contributed by atoms with van der Waals surface area (Å²) in [5.74, 6) is 0.620. The summed E-state index contributed by atoms with van der Waals surface area (Å²) in [5.41, 5.74) is 1.41. The molecule has 0 aliphatic heterocycles. The predicted molar refractivity (Wildman–Crippen MR) is 75.3 cm³/mol. The Kier molecular flexibility index (Phi) is 4.34. The smallest absolute Gasteiger partial charge is 0.245 e. The van der Waals surface area contributed by atoms with Gasteiger partial charge in [-0.05, 0) is 25.7 Å². The zero-order valence-corrected chi connectivity index (χ0v) is 12.2. The lowest BCUT2D eigenvalue weighted by Crippen LogP contribution is -2.40. The van der Waals surface area contributed by atoms with Crippen molar-refractivity contribution in [1.29, 1.82) is 0 Å². The molecule has 0 spiro atoms. The molecular formula is C14H24N4O. The van der Waals surface area contributed by atoms with E-state index in [1.165, 1.54) is 0 Å². The molecule has 1 aromatic heterocycles. The van der Waals surface area contributed by atoms with Crippen LogP contribution in [-0.4, -0.2) is 39.5 Å². The maximum absolute atomic E-state index is 10.4. The molecule has 2 rings (SSSR count). The number of nitrogens with zero attached hydrogens (tertiary/aromatic N) is 4. The Morgan fingerprint density at radius 1 is 1.11 bits per heavy atom. The Hall–Kier alpha value is -1.23. The topological polar surface area (TPSA) is 62.1 Å². The molecule has 1 saturated carbocycles. The van der Waals surface area contributed by atoms with E-state index in [1.54, 1.807) is 0 Å². The van der Waals surface area contributed by atoms with Crippen molar-refractivity contribution >= 4 is 5.95 Å². The highest BCUT2D eigenvalue weighted by Gasteiger charge is 2.33. The van der Waals surface area contributed by atoms with Gasteiger partial charge in [0.25, 0.3) is 0 Å². The Bertz CT molecular complexity index is 429. The van der Waals surface area contributed by atoms with Gasteiger partial charge in [-0.15, -0.1) is 5.10 Å². The fourth-order valence-electron chi connectivity index (χ4n) is 2.79. The normalized spacial score (nSPS) is 17.7. The van der Waals surface area contributed by atoms with E-state index in [0.717, 1.165) is 49.9 Å². The van der Waals surface area contributed by atoms with Crippen LogP contribution in [0.3, 0.4) is 0 Å². The molecule has 1 N–H and O–H groups in total. The molecule has 0 aromatic carbocycles. The van der Waals surface area contributed by atoms with Gasteiger partial charge in [0.05, 0.1) is 17.0 Å². The van der Waals surface area contributed by atoms with Gasteiger partial charge in [-0.2, -0.15) is 5.10 Å². The number of rotatable bonds is 5. The van der Waals surface area contributed by atoms with E-state index >= 15 is 0 Å². The first-order valence-corrected chi connectivity index (χ1v) is 7.24. The fourth-order valence-corrected chi connectivity index (χ4v) is 2.79. The maximum atomic E-state index is 10.4. The molecule has 106 valence electrons. The molecule has 0 bridgehead atoms. The summed E-state index contributed by atoms with van der Waals surface area (Å²) >= 11 is 0. The van der Waals surface area contributed by atoms with Crippen molar-refractivity contribution in [3.63, 3.8) is 0 Å². The van der Waals surface area contributed by atoms with Gasteiger partial charge >= 0.3 is 0 Å². The number of likely N-dealkylation sites (N-methyl/N-ethyl adjacent to an activating group) is 1. The highest BCUT2D eigenvalue weighted by atomic mass is 16.3. The Morgan fingerprint density at radius 3 is 2.32 bits per heavy atom. The highest BCUT2D eigenvalue weighted by Crippen LogP contribution is 2.30. The van der Waals surface area contributed by atoms with Gasteiger partial charge in [0.1, 0.15) is 0 Å². The SMILES string of the molecule is CCc1nnc(N(C)CC2(O)CCCC2)nc1CC. The highest BCUT2D eigenvalue weighted by molar-refractivity contribution is 5.30. The molecule has 0 atom stereocenters. The third-order valence-electron chi connectivity index (χ3n) is 3.91. The molecule has 1 aliphatic rings. The first kappa shape index (κ1) is 14.2. The van der Waals surface area contributed by atoms with Crippen molar-refractivity contribution in [2.45, 2.75) is 58.0 Å². The molecule has 5 nitrogen and oxygen atoms in total. The minimum Gasteiger partial charge on any atom is -0.388 e. The molecule has 0 saturated heterocycles. The largest absolute Gasteiger partial charge is 0.388 e. The Balaban J connectivity index is 2.12. The second kappa shape index (κ2) is 5.82. The summed E-state index contributed by atoms with van der Waals surface area (Å²) in [6.45, 7) is 4.73. The van der Waals surface area contributed by atoms with E-state index in [2.05, 4.69) is 29.0 Å². The number of aryl methyl sites for hydroxylation is 2. The number of hydrogen-bond acceptors (Lipinski definition) is 5. The lowest BCUT2D eigenvalue weighted by atomic mass is 10.0. The molecule has 0 unspecified atom stereocenters. The van der Waals surface area contributed by atoms with Gasteiger partial charge < -0.3 is 10.0 Å². The van der Waals surface area contributed by atoms with Gasteiger partial charge in [0.2, 0.25) is 5.95 Å². The van der Waals surface area contributed by atoms with Gasteiger partial charge in [-0.25, -0.2) is 4.98 Å². The number of aromatic nitrogens is 3. The first-order chi connectivity index (χ1) is 9.08. The quantitative estimate of drug-likeness (QED) is 0.877. The van der Waals surface area contributed by atoms with E-state index in [4.69, 9.17) is 0 Å².